The van der Waals surface area contributed by atoms with Crippen molar-refractivity contribution in [2.75, 3.05) is 6.54 Å². The van der Waals surface area contributed by atoms with Gasteiger partial charge in [0, 0.05) is 17.5 Å². The van der Waals surface area contributed by atoms with Gasteiger partial charge in [-0.15, -0.1) is 0 Å². The number of carbonyl (C=O) groups excluding carboxylic acids is 1. The van der Waals surface area contributed by atoms with Crippen molar-refractivity contribution in [3.8, 4) is 5.75 Å². The van der Waals surface area contributed by atoms with Gasteiger partial charge in [-0.2, -0.15) is 0 Å². The van der Waals surface area contributed by atoms with Crippen molar-refractivity contribution >= 4 is 5.78 Å². The Morgan fingerprint density at radius 3 is 3.14 bits per heavy atom. The smallest absolute Gasteiger partial charge is 0.177 e. The molecule has 4 aliphatic rings. The van der Waals surface area contributed by atoms with E-state index in [1.165, 1.54) is 5.56 Å². The second-order valence-electron chi connectivity index (χ2n) is 7.15. The molecule has 0 aromatic heterocycles. The van der Waals surface area contributed by atoms with Crippen LogP contribution < -0.4 is 10.1 Å². The molecule has 0 unspecified atom stereocenters. The number of hydrogen-bond acceptors (Lipinski definition) is 4. The van der Waals surface area contributed by atoms with Gasteiger partial charge in [-0.25, -0.2) is 0 Å². The maximum absolute atomic E-state index is 12.7. The number of hydrogen-bond donors (Lipinski definition) is 2. The number of piperidine rings is 1. The zero-order valence-corrected chi connectivity index (χ0v) is 12.1. The van der Waals surface area contributed by atoms with Gasteiger partial charge in [0.1, 0.15) is 5.75 Å². The number of rotatable bonds is 0. The standard InChI is InChI=1S/C17H19NO3/c1-9-8-17(20)12-7-10-3-2-4-11-13(10)16(17,5-6-18-12)15(21-11)14(9)19/h2-4,9,12,15,18,20H,5-8H2,1H3/t9-,12+,15-,16-,17+/m0/s1. The largest absolute Gasteiger partial charge is 0.481 e. The van der Waals surface area contributed by atoms with Crippen molar-refractivity contribution in [2.45, 2.75) is 49.3 Å². The van der Waals surface area contributed by atoms with Crippen molar-refractivity contribution in [1.29, 1.82) is 0 Å². The quantitative estimate of drug-likeness (QED) is 0.745. The normalized spacial score (nSPS) is 46.0. The Kier molecular flexibility index (Phi) is 2.03. The molecule has 2 aliphatic carbocycles. The van der Waals surface area contributed by atoms with Crippen LogP contribution in [0, 0.1) is 5.92 Å². The SMILES string of the molecule is C[C@H]1C[C@@]2(O)[C@H]3Cc4cccc5c4[C@@]2(CCN3)[C@@H](O5)C1=O. The predicted octanol–water partition coefficient (Wildman–Crippen LogP) is 0.943. The molecule has 2 N–H and O–H groups in total. The molecule has 4 nitrogen and oxygen atoms in total. The highest BCUT2D eigenvalue weighted by atomic mass is 16.5. The van der Waals surface area contributed by atoms with Gasteiger partial charge in [0.15, 0.2) is 11.9 Å². The molecule has 1 saturated heterocycles. The summed E-state index contributed by atoms with van der Waals surface area (Å²) in [6.07, 6.45) is 1.62. The van der Waals surface area contributed by atoms with Crippen LogP contribution in [0.4, 0.5) is 0 Å². The number of benzene rings is 1. The summed E-state index contributed by atoms with van der Waals surface area (Å²) in [6.45, 7) is 2.76. The summed E-state index contributed by atoms with van der Waals surface area (Å²) < 4.78 is 6.09. The summed E-state index contributed by atoms with van der Waals surface area (Å²) in [5.41, 5.74) is 0.953. The molecule has 2 bridgehead atoms. The average Bonchev–Trinajstić information content (AvgIpc) is 2.77. The lowest BCUT2D eigenvalue weighted by atomic mass is 9.48. The summed E-state index contributed by atoms with van der Waals surface area (Å²) in [7, 11) is 0. The van der Waals surface area contributed by atoms with Crippen molar-refractivity contribution in [3.63, 3.8) is 0 Å². The van der Waals surface area contributed by atoms with E-state index in [1.807, 2.05) is 19.1 Å². The lowest BCUT2D eigenvalue weighted by Crippen LogP contribution is -2.77. The van der Waals surface area contributed by atoms with E-state index >= 15 is 0 Å². The second kappa shape index (κ2) is 3.50. The Labute approximate surface area is 123 Å². The molecule has 2 heterocycles. The molecule has 1 aromatic carbocycles. The number of ketones is 1. The highest BCUT2D eigenvalue weighted by Gasteiger charge is 2.72. The molecule has 2 aliphatic heterocycles. The molecule has 1 saturated carbocycles. The van der Waals surface area contributed by atoms with E-state index in [0.717, 1.165) is 30.7 Å². The molecule has 5 atom stereocenters. The van der Waals surface area contributed by atoms with Gasteiger partial charge >= 0.3 is 0 Å². The van der Waals surface area contributed by atoms with Crippen LogP contribution in [0.3, 0.4) is 0 Å². The van der Waals surface area contributed by atoms with Gasteiger partial charge in [0.05, 0.1) is 11.0 Å². The summed E-state index contributed by atoms with van der Waals surface area (Å²) in [6, 6.07) is 6.09. The topological polar surface area (TPSA) is 58.6 Å². The van der Waals surface area contributed by atoms with Crippen LogP contribution >= 0.6 is 0 Å². The van der Waals surface area contributed by atoms with Crippen molar-refractivity contribution in [3.05, 3.63) is 29.3 Å². The van der Waals surface area contributed by atoms with Crippen LogP contribution in [-0.2, 0) is 16.6 Å². The first-order valence-electron chi connectivity index (χ1n) is 7.86. The van der Waals surface area contributed by atoms with Crippen LogP contribution in [-0.4, -0.2) is 35.2 Å². The van der Waals surface area contributed by atoms with E-state index in [2.05, 4.69) is 11.4 Å². The lowest BCUT2D eigenvalue weighted by molar-refractivity contribution is -0.174. The molecule has 1 aromatic rings. The Balaban J connectivity index is 1.86. The van der Waals surface area contributed by atoms with Crippen molar-refractivity contribution < 1.29 is 14.6 Å². The maximum Gasteiger partial charge on any atom is 0.177 e. The van der Waals surface area contributed by atoms with Crippen LogP contribution in [0.15, 0.2) is 18.2 Å². The molecule has 0 amide bonds. The summed E-state index contributed by atoms with van der Waals surface area (Å²) >= 11 is 0. The fourth-order valence-corrected chi connectivity index (χ4v) is 5.46. The van der Waals surface area contributed by atoms with Gasteiger partial charge in [0.25, 0.3) is 0 Å². The van der Waals surface area contributed by atoms with Gasteiger partial charge in [0.2, 0.25) is 0 Å². The van der Waals surface area contributed by atoms with Crippen LogP contribution in [0.5, 0.6) is 5.75 Å². The Hall–Kier alpha value is -1.39. The summed E-state index contributed by atoms with van der Waals surface area (Å²) in [4.78, 5) is 12.7. The van der Waals surface area contributed by atoms with Crippen LogP contribution in [0.1, 0.15) is 30.9 Å². The molecule has 4 heteroatoms. The van der Waals surface area contributed by atoms with Gasteiger partial charge in [-0.3, -0.25) is 4.79 Å². The fourth-order valence-electron chi connectivity index (χ4n) is 5.46. The maximum atomic E-state index is 12.7. The summed E-state index contributed by atoms with van der Waals surface area (Å²) in [5, 5.41) is 15.1. The number of Topliss-reactive ketones (excluding diaryl/α,β-unsaturated/α-hetero) is 1. The second-order valence-corrected chi connectivity index (χ2v) is 7.15. The van der Waals surface area contributed by atoms with Crippen molar-refractivity contribution in [2.24, 2.45) is 5.92 Å². The molecular formula is C17H19NO3. The third-order valence-electron chi connectivity index (χ3n) is 6.30. The number of carbonyl (C=O) groups is 1. The van der Waals surface area contributed by atoms with E-state index in [0.29, 0.717) is 6.42 Å². The Morgan fingerprint density at radius 2 is 2.29 bits per heavy atom. The van der Waals surface area contributed by atoms with Gasteiger partial charge < -0.3 is 15.2 Å². The third-order valence-corrected chi connectivity index (χ3v) is 6.30. The zero-order valence-electron chi connectivity index (χ0n) is 12.1. The van der Waals surface area contributed by atoms with E-state index in [9.17, 15) is 9.90 Å². The van der Waals surface area contributed by atoms with E-state index in [4.69, 9.17) is 4.74 Å². The van der Waals surface area contributed by atoms with E-state index in [-0.39, 0.29) is 17.7 Å². The minimum Gasteiger partial charge on any atom is -0.481 e. The molecule has 5 rings (SSSR count). The predicted molar refractivity (Wildman–Crippen MR) is 76.4 cm³/mol. The first-order valence-corrected chi connectivity index (χ1v) is 7.86. The monoisotopic (exact) mass is 285 g/mol. The van der Waals surface area contributed by atoms with Crippen molar-refractivity contribution in [1.82, 2.24) is 5.32 Å². The summed E-state index contributed by atoms with van der Waals surface area (Å²) in [5.74, 6) is 0.828. The molecule has 21 heavy (non-hydrogen) atoms. The molecular weight excluding hydrogens is 266 g/mol. The average molecular weight is 285 g/mol. The minimum absolute atomic E-state index is 0.0220. The molecule has 2 fully saturated rings. The highest BCUT2D eigenvalue weighted by molar-refractivity contribution is 5.91. The van der Waals surface area contributed by atoms with Gasteiger partial charge in [-0.05, 0) is 37.4 Å². The molecule has 1 spiro atoms. The highest BCUT2D eigenvalue weighted by Crippen LogP contribution is 2.62. The van der Waals surface area contributed by atoms with Gasteiger partial charge in [-0.1, -0.05) is 19.1 Å². The molecule has 110 valence electrons. The number of nitrogens with one attached hydrogen (secondary N) is 1. The van der Waals surface area contributed by atoms with E-state index in [1.54, 1.807) is 0 Å². The molecule has 0 radical (unpaired) electrons. The third kappa shape index (κ3) is 1.12. The lowest BCUT2D eigenvalue weighted by Gasteiger charge is -2.60. The first-order chi connectivity index (χ1) is 10.1. The van der Waals surface area contributed by atoms with Crippen LogP contribution in [0.2, 0.25) is 0 Å². The zero-order chi connectivity index (χ0) is 14.4. The fraction of sp³-hybridized carbons (Fsp3) is 0.588. The number of ether oxygens (including phenoxy) is 1. The number of aliphatic hydroxyl groups is 1. The first kappa shape index (κ1) is 12.2. The minimum atomic E-state index is -0.872. The van der Waals surface area contributed by atoms with E-state index < -0.39 is 17.1 Å². The van der Waals surface area contributed by atoms with Crippen LogP contribution in [0.25, 0.3) is 0 Å². The Morgan fingerprint density at radius 1 is 1.43 bits per heavy atom. The Bertz CT molecular complexity index is 672.